The number of halogens is 1. The van der Waals surface area contributed by atoms with Crippen molar-refractivity contribution in [3.8, 4) is 17.6 Å². The molecule has 0 aromatic heterocycles. The van der Waals surface area contributed by atoms with Crippen LogP contribution in [0.5, 0.6) is 5.75 Å². The molecule has 1 saturated carbocycles. The molecule has 2 nitrogen and oxygen atoms in total. The maximum Gasteiger partial charge on any atom is 0.128 e. The van der Waals surface area contributed by atoms with Crippen molar-refractivity contribution in [1.29, 1.82) is 0 Å². The average Bonchev–Trinajstić information content (AvgIpc) is 2.47. The molecule has 2 rings (SSSR count). The minimum Gasteiger partial charge on any atom is -0.490 e. The maximum absolute atomic E-state index is 13.7. The topological polar surface area (TPSA) is 29.5 Å². The molecule has 1 aromatic rings. The average molecular weight is 290 g/mol. The van der Waals surface area contributed by atoms with Crippen LogP contribution in [0.3, 0.4) is 0 Å². The van der Waals surface area contributed by atoms with Crippen LogP contribution in [0, 0.1) is 23.6 Å². The van der Waals surface area contributed by atoms with Crippen molar-refractivity contribution in [3.63, 3.8) is 0 Å². The normalized spacial score (nSPS) is 21.5. The number of rotatable bonds is 4. The van der Waals surface area contributed by atoms with E-state index in [2.05, 4.69) is 18.8 Å². The summed E-state index contributed by atoms with van der Waals surface area (Å²) in [6.07, 6.45) is 6.36. The van der Waals surface area contributed by atoms with E-state index in [4.69, 9.17) is 9.84 Å². The maximum atomic E-state index is 13.7. The second-order valence-electron chi connectivity index (χ2n) is 5.56. The van der Waals surface area contributed by atoms with Crippen LogP contribution in [-0.2, 0) is 0 Å². The van der Waals surface area contributed by atoms with Gasteiger partial charge in [0.15, 0.2) is 0 Å². The molecule has 1 N–H and O–H groups in total. The van der Waals surface area contributed by atoms with E-state index in [1.165, 1.54) is 31.4 Å². The first-order valence-corrected chi connectivity index (χ1v) is 7.80. The van der Waals surface area contributed by atoms with Crippen LogP contribution in [0.15, 0.2) is 18.2 Å². The zero-order valence-electron chi connectivity index (χ0n) is 12.6. The van der Waals surface area contributed by atoms with E-state index in [1.807, 2.05) is 0 Å². The van der Waals surface area contributed by atoms with Gasteiger partial charge in [-0.15, -0.1) is 0 Å². The number of hydrogen-bond acceptors (Lipinski definition) is 2. The molecule has 0 radical (unpaired) electrons. The number of aliphatic hydroxyl groups is 1. The predicted molar refractivity (Wildman–Crippen MR) is 81.6 cm³/mol. The molecule has 0 saturated heterocycles. The molecule has 21 heavy (non-hydrogen) atoms. The van der Waals surface area contributed by atoms with Crippen molar-refractivity contribution in [2.24, 2.45) is 5.92 Å². The van der Waals surface area contributed by atoms with E-state index in [0.29, 0.717) is 23.7 Å². The molecule has 1 aromatic carbocycles. The van der Waals surface area contributed by atoms with Crippen molar-refractivity contribution < 1.29 is 14.2 Å². The summed E-state index contributed by atoms with van der Waals surface area (Å²) in [7, 11) is 0. The van der Waals surface area contributed by atoms with Crippen molar-refractivity contribution >= 4 is 0 Å². The molecule has 0 amide bonds. The van der Waals surface area contributed by atoms with E-state index in [0.717, 1.165) is 12.8 Å². The molecule has 0 bridgehead atoms. The zero-order chi connectivity index (χ0) is 15.1. The molecule has 0 aliphatic heterocycles. The van der Waals surface area contributed by atoms with E-state index in [-0.39, 0.29) is 18.5 Å². The molecular formula is C18H23FO2. The Hall–Kier alpha value is -1.53. The summed E-state index contributed by atoms with van der Waals surface area (Å²) in [5, 5.41) is 8.72. The van der Waals surface area contributed by atoms with Gasteiger partial charge in [0.25, 0.3) is 0 Å². The van der Waals surface area contributed by atoms with Gasteiger partial charge in [-0.1, -0.05) is 25.2 Å². The van der Waals surface area contributed by atoms with E-state index in [9.17, 15) is 4.39 Å². The highest BCUT2D eigenvalue weighted by Crippen LogP contribution is 2.31. The number of aliphatic hydroxyl groups excluding tert-OH is 1. The van der Waals surface area contributed by atoms with E-state index < -0.39 is 0 Å². The van der Waals surface area contributed by atoms with Gasteiger partial charge in [0.2, 0.25) is 0 Å². The fraction of sp³-hybridized carbons (Fsp3) is 0.556. The highest BCUT2D eigenvalue weighted by atomic mass is 19.1. The molecular weight excluding hydrogens is 267 g/mol. The largest absolute Gasteiger partial charge is 0.490 e. The number of benzene rings is 1. The third-order valence-electron chi connectivity index (χ3n) is 3.99. The molecule has 2 atom stereocenters. The van der Waals surface area contributed by atoms with Gasteiger partial charge in [0.05, 0.1) is 6.61 Å². The highest BCUT2D eigenvalue weighted by molar-refractivity contribution is 5.40. The van der Waals surface area contributed by atoms with Crippen LogP contribution in [-0.4, -0.2) is 17.8 Å². The Morgan fingerprint density at radius 3 is 2.86 bits per heavy atom. The second-order valence-corrected chi connectivity index (χ2v) is 5.56. The SMILES string of the molecule is CCC1CCCCC1Oc1cc(F)cc(C#CCCO)c1. The summed E-state index contributed by atoms with van der Waals surface area (Å²) >= 11 is 0. The molecule has 1 aliphatic carbocycles. The van der Waals surface area contributed by atoms with Gasteiger partial charge in [-0.05, 0) is 43.7 Å². The van der Waals surface area contributed by atoms with E-state index >= 15 is 0 Å². The van der Waals surface area contributed by atoms with Crippen molar-refractivity contribution in [1.82, 2.24) is 0 Å². The van der Waals surface area contributed by atoms with Crippen LogP contribution in [0.2, 0.25) is 0 Å². The molecule has 0 heterocycles. The van der Waals surface area contributed by atoms with Gasteiger partial charge in [-0.3, -0.25) is 0 Å². The van der Waals surface area contributed by atoms with Crippen LogP contribution in [0.25, 0.3) is 0 Å². The van der Waals surface area contributed by atoms with Crippen LogP contribution in [0.1, 0.15) is 51.0 Å². The Morgan fingerprint density at radius 1 is 1.29 bits per heavy atom. The molecule has 1 aliphatic rings. The molecule has 1 fully saturated rings. The van der Waals surface area contributed by atoms with Crippen LogP contribution < -0.4 is 4.74 Å². The summed E-state index contributed by atoms with van der Waals surface area (Å²) in [6.45, 7) is 2.20. The first-order valence-electron chi connectivity index (χ1n) is 7.80. The fourth-order valence-corrected chi connectivity index (χ4v) is 2.89. The minimum absolute atomic E-state index is 0.0198. The zero-order valence-corrected chi connectivity index (χ0v) is 12.6. The van der Waals surface area contributed by atoms with Gasteiger partial charge in [0.1, 0.15) is 17.7 Å². The summed E-state index contributed by atoms with van der Waals surface area (Å²) in [4.78, 5) is 0. The Kier molecular flexibility index (Phi) is 6.07. The lowest BCUT2D eigenvalue weighted by Gasteiger charge is -2.31. The highest BCUT2D eigenvalue weighted by Gasteiger charge is 2.25. The van der Waals surface area contributed by atoms with Crippen LogP contribution in [0.4, 0.5) is 4.39 Å². The molecule has 3 heteroatoms. The minimum atomic E-state index is -0.329. The lowest BCUT2D eigenvalue weighted by atomic mass is 9.85. The van der Waals surface area contributed by atoms with Gasteiger partial charge in [0, 0.05) is 18.1 Å². The van der Waals surface area contributed by atoms with Gasteiger partial charge in [-0.2, -0.15) is 0 Å². The van der Waals surface area contributed by atoms with Crippen molar-refractivity contribution in [2.45, 2.75) is 51.6 Å². The van der Waals surface area contributed by atoms with Gasteiger partial charge in [-0.25, -0.2) is 4.39 Å². The summed E-state index contributed by atoms with van der Waals surface area (Å²) < 4.78 is 19.7. The number of hydrogen-bond donors (Lipinski definition) is 1. The Morgan fingerprint density at radius 2 is 2.10 bits per heavy atom. The summed E-state index contributed by atoms with van der Waals surface area (Å²) in [5.74, 6) is 6.46. The first-order chi connectivity index (χ1) is 10.2. The van der Waals surface area contributed by atoms with Crippen LogP contribution >= 0.6 is 0 Å². The Bertz CT molecular complexity index is 516. The third-order valence-corrected chi connectivity index (χ3v) is 3.99. The Balaban J connectivity index is 2.10. The Labute approximate surface area is 126 Å². The standard InChI is InChI=1S/C18H23FO2/c1-2-15-8-3-4-9-18(15)21-17-12-14(7-5-6-10-20)11-16(19)13-17/h11-13,15,18,20H,2-4,6,8-10H2,1H3. The number of ether oxygens (including phenoxy) is 1. The van der Waals surface area contributed by atoms with Crippen molar-refractivity contribution in [3.05, 3.63) is 29.6 Å². The molecule has 0 spiro atoms. The first kappa shape index (κ1) is 15.9. The lowest BCUT2D eigenvalue weighted by Crippen LogP contribution is -2.29. The van der Waals surface area contributed by atoms with Crippen molar-refractivity contribution in [2.75, 3.05) is 6.61 Å². The lowest BCUT2D eigenvalue weighted by molar-refractivity contribution is 0.0900. The monoisotopic (exact) mass is 290 g/mol. The predicted octanol–water partition coefficient (Wildman–Crippen LogP) is 3.91. The fourth-order valence-electron chi connectivity index (χ4n) is 2.89. The second kappa shape index (κ2) is 8.05. The summed E-state index contributed by atoms with van der Waals surface area (Å²) in [6, 6.07) is 4.61. The van der Waals surface area contributed by atoms with Gasteiger partial charge < -0.3 is 9.84 Å². The summed E-state index contributed by atoms with van der Waals surface area (Å²) in [5.41, 5.74) is 0.599. The quantitative estimate of drug-likeness (QED) is 0.852. The smallest absolute Gasteiger partial charge is 0.128 e. The molecule has 114 valence electrons. The van der Waals surface area contributed by atoms with Gasteiger partial charge >= 0.3 is 0 Å². The third kappa shape index (κ3) is 4.75. The molecule has 2 unspecified atom stereocenters. The van der Waals surface area contributed by atoms with E-state index in [1.54, 1.807) is 6.07 Å².